The molecule has 2 aliphatic heterocycles. The van der Waals surface area contributed by atoms with E-state index in [9.17, 15) is 9.90 Å². The number of benzene rings is 1. The van der Waals surface area contributed by atoms with E-state index in [0.717, 1.165) is 31.4 Å². The third-order valence-electron chi connectivity index (χ3n) is 5.92. The van der Waals surface area contributed by atoms with Crippen LogP contribution >= 0.6 is 0 Å². The van der Waals surface area contributed by atoms with E-state index in [4.69, 9.17) is 4.74 Å². The molecule has 1 aromatic carbocycles. The summed E-state index contributed by atoms with van der Waals surface area (Å²) < 4.78 is 5.99. The van der Waals surface area contributed by atoms with Crippen LogP contribution in [-0.4, -0.2) is 29.6 Å². The number of phenols is 1. The fourth-order valence-electron chi connectivity index (χ4n) is 5.25. The van der Waals surface area contributed by atoms with Gasteiger partial charge in [0.05, 0.1) is 0 Å². The van der Waals surface area contributed by atoms with Crippen molar-refractivity contribution in [2.45, 2.75) is 43.2 Å². The van der Waals surface area contributed by atoms with Gasteiger partial charge >= 0.3 is 0 Å². The Morgan fingerprint density at radius 2 is 2.30 bits per heavy atom. The third-order valence-corrected chi connectivity index (χ3v) is 5.92. The topological polar surface area (TPSA) is 58.6 Å². The average molecular weight is 271 g/mol. The lowest BCUT2D eigenvalue weighted by Gasteiger charge is -2.54. The number of aromatic hydroxyl groups is 1. The minimum atomic E-state index is -0.367. The Balaban J connectivity index is 1.85. The van der Waals surface area contributed by atoms with Crippen LogP contribution < -0.4 is 10.1 Å². The molecule has 20 heavy (non-hydrogen) atoms. The zero-order chi connectivity index (χ0) is 13.5. The molecule has 2 bridgehead atoms. The molecule has 0 aromatic heterocycles. The fraction of sp³-hybridized carbons (Fsp3) is 0.562. The Bertz CT molecular complexity index is 641. The van der Waals surface area contributed by atoms with E-state index >= 15 is 0 Å². The molecule has 1 aromatic rings. The van der Waals surface area contributed by atoms with Crippen molar-refractivity contribution in [3.8, 4) is 11.5 Å². The second-order valence-electron chi connectivity index (χ2n) is 6.61. The molecule has 0 radical (unpaired) electrons. The van der Waals surface area contributed by atoms with E-state index in [1.54, 1.807) is 6.07 Å². The highest BCUT2D eigenvalue weighted by Crippen LogP contribution is 2.61. The Morgan fingerprint density at radius 3 is 3.20 bits per heavy atom. The summed E-state index contributed by atoms with van der Waals surface area (Å²) in [6.07, 6.45) is 3.12. The standard InChI is InChI=1S/C16H17NO3/c18-11-3-1-8-7-10-9-2-4-12(19)15-16(9,5-6-17-10)13(8)14(11)20-15/h1,3,9-10,15,17-18H,2,4-7H2/t9-,10+,15?,16-/m0/s1. The molecule has 1 saturated heterocycles. The summed E-state index contributed by atoms with van der Waals surface area (Å²) in [5.74, 6) is 1.46. The summed E-state index contributed by atoms with van der Waals surface area (Å²) >= 11 is 0. The summed E-state index contributed by atoms with van der Waals surface area (Å²) in [5.41, 5.74) is 2.23. The van der Waals surface area contributed by atoms with E-state index in [-0.39, 0.29) is 23.1 Å². The molecule has 2 fully saturated rings. The predicted octanol–water partition coefficient (Wildman–Crippen LogP) is 1.29. The number of nitrogens with one attached hydrogen (secondary N) is 1. The molecule has 1 saturated carbocycles. The molecule has 2 heterocycles. The minimum absolute atomic E-state index is 0.174. The maximum atomic E-state index is 12.4. The van der Waals surface area contributed by atoms with Gasteiger partial charge in [0.1, 0.15) is 0 Å². The highest BCUT2D eigenvalue weighted by atomic mass is 16.5. The second kappa shape index (κ2) is 3.37. The maximum absolute atomic E-state index is 12.4. The van der Waals surface area contributed by atoms with Crippen molar-refractivity contribution in [3.05, 3.63) is 23.3 Å². The number of carbonyl (C=O) groups excluding carboxylic acids is 1. The van der Waals surface area contributed by atoms with Gasteiger partial charge in [0.25, 0.3) is 0 Å². The number of ether oxygens (including phenoxy) is 1. The van der Waals surface area contributed by atoms with E-state index in [0.29, 0.717) is 24.1 Å². The maximum Gasteiger partial charge on any atom is 0.174 e. The largest absolute Gasteiger partial charge is 0.504 e. The van der Waals surface area contributed by atoms with Gasteiger partial charge < -0.3 is 15.2 Å². The van der Waals surface area contributed by atoms with E-state index in [1.165, 1.54) is 5.56 Å². The molecule has 1 spiro atoms. The lowest BCUT2D eigenvalue weighted by molar-refractivity contribution is -0.135. The molecular weight excluding hydrogens is 254 g/mol. The van der Waals surface area contributed by atoms with Gasteiger partial charge in [0, 0.05) is 23.4 Å². The molecule has 5 rings (SSSR count). The first kappa shape index (κ1) is 11.1. The summed E-state index contributed by atoms with van der Waals surface area (Å²) in [6, 6.07) is 4.17. The van der Waals surface area contributed by atoms with Crippen molar-refractivity contribution in [2.75, 3.05) is 6.54 Å². The van der Waals surface area contributed by atoms with Gasteiger partial charge in [0.2, 0.25) is 0 Å². The van der Waals surface area contributed by atoms with Crippen molar-refractivity contribution in [3.63, 3.8) is 0 Å². The van der Waals surface area contributed by atoms with Crippen molar-refractivity contribution >= 4 is 5.78 Å². The zero-order valence-corrected chi connectivity index (χ0v) is 11.2. The number of piperidine rings is 1. The van der Waals surface area contributed by atoms with Crippen LogP contribution in [0.15, 0.2) is 12.1 Å². The van der Waals surface area contributed by atoms with Gasteiger partial charge in [-0.25, -0.2) is 0 Å². The van der Waals surface area contributed by atoms with Crippen molar-refractivity contribution in [2.24, 2.45) is 5.92 Å². The molecular formula is C16H17NO3. The summed E-state index contributed by atoms with van der Waals surface area (Å²) in [5, 5.41) is 13.8. The Hall–Kier alpha value is -1.55. The number of hydrogen-bond acceptors (Lipinski definition) is 4. The third kappa shape index (κ3) is 1.04. The Labute approximate surface area is 117 Å². The van der Waals surface area contributed by atoms with Crippen LogP contribution in [0.25, 0.3) is 0 Å². The number of phenolic OH excluding ortho intramolecular Hbond substituents is 1. The summed E-state index contributed by atoms with van der Waals surface area (Å²) in [4.78, 5) is 12.4. The smallest absolute Gasteiger partial charge is 0.174 e. The summed E-state index contributed by atoms with van der Waals surface area (Å²) in [7, 11) is 0. The lowest BCUT2D eigenvalue weighted by Crippen LogP contribution is -2.65. The molecule has 1 unspecified atom stereocenters. The highest BCUT2D eigenvalue weighted by molar-refractivity contribution is 5.89. The van der Waals surface area contributed by atoms with Crippen LogP contribution in [0.2, 0.25) is 0 Å². The fourth-order valence-corrected chi connectivity index (χ4v) is 5.25. The van der Waals surface area contributed by atoms with Crippen LogP contribution in [0, 0.1) is 5.92 Å². The molecule has 2 N–H and O–H groups in total. The summed E-state index contributed by atoms with van der Waals surface area (Å²) in [6.45, 7) is 0.933. The molecule has 4 nitrogen and oxygen atoms in total. The van der Waals surface area contributed by atoms with Gasteiger partial charge in [0.15, 0.2) is 23.4 Å². The van der Waals surface area contributed by atoms with Gasteiger partial charge in [-0.05, 0) is 43.4 Å². The first-order valence-corrected chi connectivity index (χ1v) is 7.50. The highest BCUT2D eigenvalue weighted by Gasteiger charge is 2.64. The number of ketones is 1. The van der Waals surface area contributed by atoms with Gasteiger partial charge in [-0.1, -0.05) is 6.07 Å². The molecule has 0 amide bonds. The van der Waals surface area contributed by atoms with Gasteiger partial charge in [-0.15, -0.1) is 0 Å². The number of Topliss-reactive ketones (excluding diaryl/α,β-unsaturated/α-hetero) is 1. The van der Waals surface area contributed by atoms with Crippen LogP contribution in [0.3, 0.4) is 0 Å². The van der Waals surface area contributed by atoms with Crippen LogP contribution in [0.4, 0.5) is 0 Å². The first-order chi connectivity index (χ1) is 9.72. The number of rotatable bonds is 0. The van der Waals surface area contributed by atoms with E-state index in [1.807, 2.05) is 6.07 Å². The minimum Gasteiger partial charge on any atom is -0.504 e. The number of carbonyl (C=O) groups is 1. The average Bonchev–Trinajstić information content (AvgIpc) is 2.78. The molecule has 104 valence electrons. The Kier molecular flexibility index (Phi) is 1.88. The van der Waals surface area contributed by atoms with Crippen molar-refractivity contribution < 1.29 is 14.6 Å². The molecule has 4 atom stereocenters. The normalized spacial score (nSPS) is 40.2. The molecule has 4 heteroatoms. The van der Waals surface area contributed by atoms with Gasteiger partial charge in [-0.2, -0.15) is 0 Å². The van der Waals surface area contributed by atoms with E-state index in [2.05, 4.69) is 5.32 Å². The van der Waals surface area contributed by atoms with Crippen molar-refractivity contribution in [1.29, 1.82) is 0 Å². The van der Waals surface area contributed by atoms with E-state index < -0.39 is 0 Å². The quantitative estimate of drug-likeness (QED) is 0.746. The van der Waals surface area contributed by atoms with Gasteiger partial charge in [-0.3, -0.25) is 4.79 Å². The Morgan fingerprint density at radius 1 is 1.40 bits per heavy atom. The SMILES string of the molecule is O=C1CC[C@H]2[C@H]3Cc4ccc(O)c5c4[C@@]2(CCN3)C1O5. The van der Waals surface area contributed by atoms with Crippen LogP contribution in [-0.2, 0) is 16.6 Å². The zero-order valence-electron chi connectivity index (χ0n) is 11.2. The monoisotopic (exact) mass is 271 g/mol. The van der Waals surface area contributed by atoms with Crippen molar-refractivity contribution in [1.82, 2.24) is 5.32 Å². The predicted molar refractivity (Wildman–Crippen MR) is 72.0 cm³/mol. The first-order valence-electron chi connectivity index (χ1n) is 7.50. The molecule has 4 aliphatic rings. The lowest BCUT2D eigenvalue weighted by atomic mass is 9.52. The number of hydrogen-bond donors (Lipinski definition) is 2. The van der Waals surface area contributed by atoms with Crippen LogP contribution in [0.5, 0.6) is 11.5 Å². The second-order valence-corrected chi connectivity index (χ2v) is 6.61. The molecule has 2 aliphatic carbocycles. The van der Waals surface area contributed by atoms with Crippen LogP contribution in [0.1, 0.15) is 30.4 Å².